The average molecular weight is 481 g/mol. The predicted octanol–water partition coefficient (Wildman–Crippen LogP) is 5.08. The van der Waals surface area contributed by atoms with E-state index in [9.17, 15) is 13.2 Å². The molecule has 0 spiro atoms. The van der Waals surface area contributed by atoms with E-state index in [4.69, 9.17) is 4.74 Å². The molecule has 0 fully saturated rings. The van der Waals surface area contributed by atoms with Crippen LogP contribution in [0, 0.1) is 20.8 Å². The van der Waals surface area contributed by atoms with Gasteiger partial charge in [0.2, 0.25) is 5.91 Å². The largest absolute Gasteiger partial charge is 0.496 e. The molecule has 1 amide bonds. The van der Waals surface area contributed by atoms with Gasteiger partial charge < -0.3 is 10.1 Å². The third-order valence-corrected chi connectivity index (χ3v) is 7.54. The van der Waals surface area contributed by atoms with Gasteiger partial charge in [-0.15, -0.1) is 0 Å². The van der Waals surface area contributed by atoms with Crippen molar-refractivity contribution >= 4 is 21.6 Å². The summed E-state index contributed by atoms with van der Waals surface area (Å²) in [6.45, 7) is 7.38. The summed E-state index contributed by atoms with van der Waals surface area (Å²) in [7, 11) is -2.33. The molecule has 3 aromatic carbocycles. The molecule has 0 aliphatic carbocycles. The molecular formula is C27H32N2O4S. The van der Waals surface area contributed by atoms with E-state index < -0.39 is 10.0 Å². The summed E-state index contributed by atoms with van der Waals surface area (Å²) < 4.78 is 33.6. The number of rotatable bonds is 9. The van der Waals surface area contributed by atoms with Crippen LogP contribution in [0.5, 0.6) is 5.75 Å². The summed E-state index contributed by atoms with van der Waals surface area (Å²) in [6, 6.07) is 19.3. The Labute approximate surface area is 202 Å². The number of amides is 1. The molecule has 0 aromatic heterocycles. The maximum Gasteiger partial charge on any atom is 0.264 e. The smallest absolute Gasteiger partial charge is 0.264 e. The molecule has 0 saturated carbocycles. The normalized spacial score (nSPS) is 12.1. The molecule has 180 valence electrons. The third kappa shape index (κ3) is 5.78. The van der Waals surface area contributed by atoms with E-state index in [1.54, 1.807) is 49.6 Å². The molecule has 1 atom stereocenters. The summed E-state index contributed by atoms with van der Waals surface area (Å²) in [5.41, 5.74) is 4.22. The van der Waals surface area contributed by atoms with Crippen LogP contribution in [0.1, 0.15) is 41.6 Å². The Kier molecular flexibility index (Phi) is 7.99. The van der Waals surface area contributed by atoms with E-state index in [1.165, 1.54) is 4.31 Å². The minimum absolute atomic E-state index is 0.144. The van der Waals surface area contributed by atoms with Gasteiger partial charge in [-0.1, -0.05) is 48.9 Å². The van der Waals surface area contributed by atoms with Gasteiger partial charge in [-0.3, -0.25) is 9.10 Å². The fraction of sp³-hybridized carbons (Fsp3) is 0.296. The standard InChI is InChI=1S/C27H32N2O4S/c1-6-25(22-12-15-26(33-5)21(4)17-22)28-27(30)18-29(23-9-7-8-20(3)16-23)34(31,32)24-13-10-19(2)11-14-24/h7-17,25H,6,18H2,1-5H3,(H,28,30)/t25-/m0/s1. The van der Waals surface area contributed by atoms with E-state index in [0.717, 1.165) is 28.0 Å². The lowest BCUT2D eigenvalue weighted by molar-refractivity contribution is -0.120. The van der Waals surface area contributed by atoms with Crippen molar-refractivity contribution in [3.8, 4) is 5.75 Å². The molecule has 0 aliphatic heterocycles. The summed E-state index contributed by atoms with van der Waals surface area (Å²) in [6.07, 6.45) is 0.659. The van der Waals surface area contributed by atoms with Crippen molar-refractivity contribution in [1.82, 2.24) is 5.32 Å². The van der Waals surface area contributed by atoms with E-state index in [2.05, 4.69) is 5.32 Å². The Morgan fingerprint density at radius 3 is 2.26 bits per heavy atom. The summed E-state index contributed by atoms with van der Waals surface area (Å²) in [5.74, 6) is 0.400. The molecule has 3 aromatic rings. The van der Waals surface area contributed by atoms with Gasteiger partial charge >= 0.3 is 0 Å². The van der Waals surface area contributed by atoms with Crippen molar-refractivity contribution in [3.05, 3.63) is 89.0 Å². The highest BCUT2D eigenvalue weighted by molar-refractivity contribution is 7.92. The predicted molar refractivity (Wildman–Crippen MR) is 136 cm³/mol. The molecule has 0 heterocycles. The minimum Gasteiger partial charge on any atom is -0.496 e. The molecule has 3 rings (SSSR count). The van der Waals surface area contributed by atoms with Crippen molar-refractivity contribution in [2.45, 2.75) is 45.1 Å². The number of benzene rings is 3. The lowest BCUT2D eigenvalue weighted by Crippen LogP contribution is -2.42. The fourth-order valence-corrected chi connectivity index (χ4v) is 5.26. The van der Waals surface area contributed by atoms with Gasteiger partial charge in [0, 0.05) is 0 Å². The number of sulfonamides is 1. The molecular weight excluding hydrogens is 448 g/mol. The molecule has 0 saturated heterocycles. The summed E-state index contributed by atoms with van der Waals surface area (Å²) in [5, 5.41) is 3.01. The van der Waals surface area contributed by atoms with Crippen LogP contribution < -0.4 is 14.4 Å². The van der Waals surface area contributed by atoms with Gasteiger partial charge in [-0.05, 0) is 74.2 Å². The number of aryl methyl sites for hydroxylation is 3. The maximum atomic E-state index is 13.6. The average Bonchev–Trinajstić information content (AvgIpc) is 2.81. The highest BCUT2D eigenvalue weighted by Crippen LogP contribution is 2.26. The number of carbonyl (C=O) groups excluding carboxylic acids is 1. The Balaban J connectivity index is 1.90. The van der Waals surface area contributed by atoms with Gasteiger partial charge in [-0.25, -0.2) is 8.42 Å². The summed E-state index contributed by atoms with van der Waals surface area (Å²) in [4.78, 5) is 13.3. The quantitative estimate of drug-likeness (QED) is 0.463. The number of anilines is 1. The zero-order chi connectivity index (χ0) is 24.9. The van der Waals surface area contributed by atoms with Crippen molar-refractivity contribution in [3.63, 3.8) is 0 Å². The molecule has 0 bridgehead atoms. The van der Waals surface area contributed by atoms with Gasteiger partial charge in [0.25, 0.3) is 10.0 Å². The maximum absolute atomic E-state index is 13.6. The first-order chi connectivity index (χ1) is 16.1. The van der Waals surface area contributed by atoms with Crippen molar-refractivity contribution in [2.75, 3.05) is 18.0 Å². The number of hydrogen-bond acceptors (Lipinski definition) is 4. The molecule has 0 aliphatic rings. The molecule has 0 radical (unpaired) electrons. The number of methoxy groups -OCH3 is 1. The number of ether oxygens (including phenoxy) is 1. The fourth-order valence-electron chi connectivity index (χ4n) is 3.85. The SMILES string of the molecule is CC[C@H](NC(=O)CN(c1cccc(C)c1)S(=O)(=O)c1ccc(C)cc1)c1ccc(OC)c(C)c1. The van der Waals surface area contributed by atoms with Crippen LogP contribution in [0.15, 0.2) is 71.6 Å². The molecule has 0 unspecified atom stereocenters. The van der Waals surface area contributed by atoms with Crippen LogP contribution in [-0.2, 0) is 14.8 Å². The van der Waals surface area contributed by atoms with Gasteiger partial charge in [0.05, 0.1) is 23.7 Å². The van der Waals surface area contributed by atoms with Gasteiger partial charge in [0.15, 0.2) is 0 Å². The lowest BCUT2D eigenvalue weighted by Gasteiger charge is -2.26. The first kappa shape index (κ1) is 25.3. The van der Waals surface area contributed by atoms with Crippen LogP contribution in [0.25, 0.3) is 0 Å². The molecule has 34 heavy (non-hydrogen) atoms. The zero-order valence-electron chi connectivity index (χ0n) is 20.3. The van der Waals surface area contributed by atoms with Crippen molar-refractivity contribution in [1.29, 1.82) is 0 Å². The van der Waals surface area contributed by atoms with Crippen LogP contribution in [0.2, 0.25) is 0 Å². The van der Waals surface area contributed by atoms with Crippen molar-refractivity contribution < 1.29 is 17.9 Å². The summed E-state index contributed by atoms with van der Waals surface area (Å²) >= 11 is 0. The van der Waals surface area contributed by atoms with Crippen LogP contribution in [-0.4, -0.2) is 28.0 Å². The number of nitrogens with one attached hydrogen (secondary N) is 1. The van der Waals surface area contributed by atoms with Crippen LogP contribution in [0.3, 0.4) is 0 Å². The van der Waals surface area contributed by atoms with Crippen molar-refractivity contribution in [2.24, 2.45) is 0 Å². The second-order valence-electron chi connectivity index (χ2n) is 8.42. The van der Waals surface area contributed by atoms with E-state index in [0.29, 0.717) is 12.1 Å². The lowest BCUT2D eigenvalue weighted by atomic mass is 10.0. The number of hydrogen-bond donors (Lipinski definition) is 1. The van der Waals surface area contributed by atoms with Gasteiger partial charge in [0.1, 0.15) is 12.3 Å². The molecule has 6 nitrogen and oxygen atoms in total. The van der Waals surface area contributed by atoms with Crippen LogP contribution >= 0.6 is 0 Å². The molecule has 1 N–H and O–H groups in total. The number of carbonyl (C=O) groups is 1. The first-order valence-electron chi connectivity index (χ1n) is 11.3. The second kappa shape index (κ2) is 10.7. The number of nitrogens with zero attached hydrogens (tertiary/aromatic N) is 1. The third-order valence-electron chi connectivity index (χ3n) is 5.75. The highest BCUT2D eigenvalue weighted by Gasteiger charge is 2.28. The first-order valence-corrected chi connectivity index (χ1v) is 12.7. The second-order valence-corrected chi connectivity index (χ2v) is 10.3. The Morgan fingerprint density at radius 1 is 0.971 bits per heavy atom. The van der Waals surface area contributed by atoms with Gasteiger partial charge in [-0.2, -0.15) is 0 Å². The Morgan fingerprint density at radius 2 is 1.68 bits per heavy atom. The molecule has 7 heteroatoms. The van der Waals surface area contributed by atoms with E-state index in [1.807, 2.05) is 52.0 Å². The van der Waals surface area contributed by atoms with E-state index in [-0.39, 0.29) is 23.4 Å². The zero-order valence-corrected chi connectivity index (χ0v) is 21.1. The Hall–Kier alpha value is -3.32. The van der Waals surface area contributed by atoms with E-state index >= 15 is 0 Å². The monoisotopic (exact) mass is 480 g/mol. The van der Waals surface area contributed by atoms with Crippen LogP contribution in [0.4, 0.5) is 5.69 Å². The Bertz CT molecular complexity index is 1250. The topological polar surface area (TPSA) is 75.7 Å². The highest BCUT2D eigenvalue weighted by atomic mass is 32.2. The minimum atomic E-state index is -3.95.